The Morgan fingerprint density at radius 3 is 1.44 bits per heavy atom. The van der Waals surface area contributed by atoms with E-state index in [-0.39, 0.29) is 0 Å². The molecular weight excluding hydrogens is 209 g/mol. The van der Waals surface area contributed by atoms with Crippen LogP contribution in [0.2, 0.25) is 0 Å². The number of hydrogen-bond donors (Lipinski definition) is 0. The van der Waals surface area contributed by atoms with E-state index in [0.717, 1.165) is 7.69 Å². The van der Waals surface area contributed by atoms with Gasteiger partial charge >= 0.3 is 7.69 Å². The maximum absolute atomic E-state index is 5.11. The van der Waals surface area contributed by atoms with Crippen molar-refractivity contribution in [1.29, 1.82) is 0 Å². The molecule has 0 saturated carbocycles. The van der Waals surface area contributed by atoms with Crippen LogP contribution in [-0.4, -0.2) is 17.7 Å². The summed E-state index contributed by atoms with van der Waals surface area (Å²) in [6.45, 7) is 0. The third kappa shape index (κ3) is 9.14. The molecule has 0 unspecified atom stereocenters. The standard InChI is InChI=1S/C2H2BCl4O2/c4-1(5)8-3-9-2(6)7/h1-2H. The molecule has 0 bridgehead atoms. The van der Waals surface area contributed by atoms with Crippen molar-refractivity contribution < 1.29 is 9.31 Å². The smallest absolute Gasteiger partial charge is 0.385 e. The molecule has 0 N–H and O–H groups in total. The number of halogens is 4. The maximum atomic E-state index is 5.11. The highest BCUT2D eigenvalue weighted by Gasteiger charge is 2.04. The zero-order valence-corrected chi connectivity index (χ0v) is 7.08. The van der Waals surface area contributed by atoms with Crippen molar-refractivity contribution in [3.63, 3.8) is 0 Å². The summed E-state index contributed by atoms with van der Waals surface area (Å²) in [5, 5.41) is -1.92. The van der Waals surface area contributed by atoms with Crippen LogP contribution in [0.15, 0.2) is 0 Å². The Hall–Kier alpha value is 1.14. The van der Waals surface area contributed by atoms with Gasteiger partial charge in [-0.3, -0.25) is 0 Å². The van der Waals surface area contributed by atoms with Crippen molar-refractivity contribution in [3.05, 3.63) is 0 Å². The largest absolute Gasteiger partial charge is 0.491 e. The Bertz CT molecular complexity index is 61.6. The molecule has 0 fully saturated rings. The van der Waals surface area contributed by atoms with Crippen molar-refractivity contribution in [1.82, 2.24) is 0 Å². The molecule has 53 valence electrons. The SMILES string of the molecule is ClC(Cl)O[B]OC(Cl)Cl. The predicted octanol–water partition coefficient (Wildman–Crippen LogP) is 2.08. The first-order valence-corrected chi connectivity index (χ1v) is 3.56. The second-order valence-electron chi connectivity index (χ2n) is 0.890. The second-order valence-corrected chi connectivity index (χ2v) is 2.92. The highest BCUT2D eigenvalue weighted by Crippen LogP contribution is 2.05. The minimum atomic E-state index is -0.961. The van der Waals surface area contributed by atoms with Gasteiger partial charge in [0.1, 0.15) is 0 Å². The van der Waals surface area contributed by atoms with E-state index in [4.69, 9.17) is 46.4 Å². The topological polar surface area (TPSA) is 18.5 Å². The molecule has 7 heteroatoms. The van der Waals surface area contributed by atoms with Crippen LogP contribution in [0.1, 0.15) is 0 Å². The molecule has 0 spiro atoms. The number of alkyl halides is 4. The fraction of sp³-hybridized carbons (Fsp3) is 1.00. The van der Waals surface area contributed by atoms with E-state index in [2.05, 4.69) is 9.31 Å². The van der Waals surface area contributed by atoms with Crippen LogP contribution in [0.3, 0.4) is 0 Å². The van der Waals surface area contributed by atoms with E-state index in [0.29, 0.717) is 0 Å². The van der Waals surface area contributed by atoms with Crippen LogP contribution < -0.4 is 0 Å². The zero-order valence-electron chi connectivity index (χ0n) is 4.06. The molecule has 0 atom stereocenters. The van der Waals surface area contributed by atoms with Gasteiger partial charge in [0.25, 0.3) is 0 Å². The Morgan fingerprint density at radius 1 is 0.889 bits per heavy atom. The Morgan fingerprint density at radius 2 is 1.22 bits per heavy atom. The first-order chi connectivity index (χ1) is 4.13. The molecular formula is C2H2BCl4O2. The molecule has 0 saturated heterocycles. The molecule has 1 radical (unpaired) electrons. The van der Waals surface area contributed by atoms with Gasteiger partial charge in [0.05, 0.1) is 0 Å². The van der Waals surface area contributed by atoms with Gasteiger partial charge in [-0.25, -0.2) is 0 Å². The highest BCUT2D eigenvalue weighted by molar-refractivity contribution is 6.46. The zero-order chi connectivity index (χ0) is 7.28. The average Bonchev–Trinajstić information content (AvgIpc) is 1.63. The number of rotatable bonds is 4. The summed E-state index contributed by atoms with van der Waals surface area (Å²) >= 11 is 20.4. The molecule has 0 aromatic carbocycles. The summed E-state index contributed by atoms with van der Waals surface area (Å²) in [5.74, 6) is 0. The van der Waals surface area contributed by atoms with Gasteiger partial charge < -0.3 is 9.31 Å². The van der Waals surface area contributed by atoms with Gasteiger partial charge in [-0.2, -0.15) is 0 Å². The van der Waals surface area contributed by atoms with Gasteiger partial charge in [-0.15, -0.1) is 0 Å². The minimum absolute atomic E-state index is 0.870. The third-order valence-corrected chi connectivity index (χ3v) is 0.728. The average molecular weight is 211 g/mol. The Balaban J connectivity index is 2.91. The molecule has 0 aromatic heterocycles. The summed E-state index contributed by atoms with van der Waals surface area (Å²) in [6, 6.07) is 0. The fourth-order valence-corrected chi connectivity index (χ4v) is 0.284. The molecule has 0 rings (SSSR count). The van der Waals surface area contributed by atoms with Gasteiger partial charge in [0.15, 0.2) is 10.0 Å². The van der Waals surface area contributed by atoms with E-state index in [1.54, 1.807) is 0 Å². The van der Waals surface area contributed by atoms with E-state index in [9.17, 15) is 0 Å². The minimum Gasteiger partial charge on any atom is -0.385 e. The quantitative estimate of drug-likeness (QED) is 0.523. The highest BCUT2D eigenvalue weighted by atomic mass is 35.5. The lowest BCUT2D eigenvalue weighted by Crippen LogP contribution is -2.09. The number of hydrogen-bond acceptors (Lipinski definition) is 2. The van der Waals surface area contributed by atoms with Crippen LogP contribution >= 0.6 is 46.4 Å². The second kappa shape index (κ2) is 5.89. The monoisotopic (exact) mass is 209 g/mol. The summed E-state index contributed by atoms with van der Waals surface area (Å²) < 4.78 is 8.73. The van der Waals surface area contributed by atoms with Crippen LogP contribution in [-0.2, 0) is 9.31 Å². The normalized spacial score (nSPS) is 10.9. The molecule has 0 aromatic rings. The van der Waals surface area contributed by atoms with E-state index < -0.39 is 10.0 Å². The summed E-state index contributed by atoms with van der Waals surface area (Å²) in [6.07, 6.45) is 0. The van der Waals surface area contributed by atoms with Crippen LogP contribution in [0.25, 0.3) is 0 Å². The Kier molecular flexibility index (Phi) is 6.64. The molecule has 0 aliphatic carbocycles. The Labute approximate surface area is 73.6 Å². The van der Waals surface area contributed by atoms with Crippen LogP contribution in [0.5, 0.6) is 0 Å². The fourth-order valence-electron chi connectivity index (χ4n) is 0.116. The maximum Gasteiger partial charge on any atom is 0.491 e. The molecule has 9 heavy (non-hydrogen) atoms. The molecule has 0 heterocycles. The summed E-state index contributed by atoms with van der Waals surface area (Å²) in [7, 11) is 0.870. The molecule has 2 nitrogen and oxygen atoms in total. The molecule has 0 amide bonds. The first kappa shape index (κ1) is 10.1. The summed E-state index contributed by atoms with van der Waals surface area (Å²) in [5.41, 5.74) is 0. The van der Waals surface area contributed by atoms with E-state index in [1.807, 2.05) is 0 Å². The van der Waals surface area contributed by atoms with Crippen LogP contribution in [0.4, 0.5) is 0 Å². The molecule has 0 aliphatic rings. The third-order valence-electron chi connectivity index (χ3n) is 0.317. The van der Waals surface area contributed by atoms with E-state index in [1.165, 1.54) is 0 Å². The van der Waals surface area contributed by atoms with Crippen molar-refractivity contribution in [2.75, 3.05) is 0 Å². The van der Waals surface area contributed by atoms with Crippen molar-refractivity contribution in [3.8, 4) is 0 Å². The lowest BCUT2D eigenvalue weighted by Gasteiger charge is -2.02. The molecule has 0 aliphatic heterocycles. The van der Waals surface area contributed by atoms with Gasteiger partial charge in [-0.1, -0.05) is 46.4 Å². The van der Waals surface area contributed by atoms with Crippen molar-refractivity contribution in [2.24, 2.45) is 0 Å². The predicted molar refractivity (Wildman–Crippen MR) is 38.9 cm³/mol. The van der Waals surface area contributed by atoms with Gasteiger partial charge in [0, 0.05) is 0 Å². The van der Waals surface area contributed by atoms with Crippen LogP contribution in [0, 0.1) is 0 Å². The van der Waals surface area contributed by atoms with Crippen molar-refractivity contribution in [2.45, 2.75) is 10.0 Å². The summed E-state index contributed by atoms with van der Waals surface area (Å²) in [4.78, 5) is 0. The first-order valence-electron chi connectivity index (χ1n) is 1.82. The lowest BCUT2D eigenvalue weighted by molar-refractivity contribution is 0.251. The van der Waals surface area contributed by atoms with Crippen molar-refractivity contribution >= 4 is 54.1 Å². The van der Waals surface area contributed by atoms with E-state index >= 15 is 0 Å². The van der Waals surface area contributed by atoms with Gasteiger partial charge in [0.2, 0.25) is 0 Å². The van der Waals surface area contributed by atoms with Gasteiger partial charge in [-0.05, 0) is 0 Å². The lowest BCUT2D eigenvalue weighted by atomic mass is 10.4.